The Morgan fingerprint density at radius 1 is 1.22 bits per heavy atom. The van der Waals surface area contributed by atoms with Crippen LogP contribution in [-0.2, 0) is 17.6 Å². The number of thiophene rings is 1. The van der Waals surface area contributed by atoms with Gasteiger partial charge in [-0.1, -0.05) is 0 Å². The summed E-state index contributed by atoms with van der Waals surface area (Å²) in [6, 6.07) is 0.489. The first kappa shape index (κ1) is 14.1. The van der Waals surface area contributed by atoms with Crippen LogP contribution in [0.2, 0.25) is 0 Å². The maximum atomic E-state index is 6.01. The molecule has 4 heterocycles. The first-order valence-electron chi connectivity index (χ1n) is 8.63. The second-order valence-corrected chi connectivity index (χ2v) is 8.03. The molecule has 0 radical (unpaired) electrons. The van der Waals surface area contributed by atoms with Crippen molar-refractivity contribution in [3.63, 3.8) is 0 Å². The summed E-state index contributed by atoms with van der Waals surface area (Å²) in [4.78, 5) is 16.8. The zero-order valence-electron chi connectivity index (χ0n) is 13.5. The summed E-state index contributed by atoms with van der Waals surface area (Å²) in [5, 5.41) is 1.33. The van der Waals surface area contributed by atoms with Crippen LogP contribution in [0.1, 0.15) is 23.3 Å². The van der Waals surface area contributed by atoms with E-state index >= 15 is 0 Å². The molecule has 6 heteroatoms. The fraction of sp³-hybridized carbons (Fsp3) is 0.647. The standard InChI is InChI=1S/C17H22N4OS/c1-20-6-7-22-13-9-21(8-12(13)20)16-15-11-4-2-3-5-14(11)23-17(15)19-10-18-16/h10,12-13H,2-9H2,1H3. The van der Waals surface area contributed by atoms with E-state index in [4.69, 9.17) is 9.72 Å². The minimum Gasteiger partial charge on any atom is -0.373 e. The zero-order valence-corrected chi connectivity index (χ0v) is 14.3. The van der Waals surface area contributed by atoms with E-state index in [1.165, 1.54) is 46.3 Å². The van der Waals surface area contributed by atoms with Crippen molar-refractivity contribution >= 4 is 27.4 Å². The maximum absolute atomic E-state index is 6.01. The lowest BCUT2D eigenvalue weighted by atomic mass is 9.97. The molecule has 2 aromatic heterocycles. The van der Waals surface area contributed by atoms with Gasteiger partial charge in [0.05, 0.1) is 24.1 Å². The molecular formula is C17H22N4OS. The summed E-state index contributed by atoms with van der Waals surface area (Å²) >= 11 is 1.88. The Balaban J connectivity index is 1.57. The Morgan fingerprint density at radius 3 is 3.04 bits per heavy atom. The highest BCUT2D eigenvalue weighted by Crippen LogP contribution is 2.40. The molecule has 0 bridgehead atoms. The van der Waals surface area contributed by atoms with Crippen molar-refractivity contribution in [3.8, 4) is 0 Å². The average Bonchev–Trinajstić information content (AvgIpc) is 3.16. The number of aromatic nitrogens is 2. The van der Waals surface area contributed by atoms with Crippen molar-refractivity contribution < 1.29 is 4.74 Å². The molecular weight excluding hydrogens is 308 g/mol. The van der Waals surface area contributed by atoms with Gasteiger partial charge in [0.15, 0.2) is 0 Å². The fourth-order valence-corrected chi connectivity index (χ4v) is 5.57. The van der Waals surface area contributed by atoms with Crippen LogP contribution in [0, 0.1) is 0 Å². The van der Waals surface area contributed by atoms with E-state index in [1.54, 1.807) is 6.33 Å². The Hall–Kier alpha value is -1.24. The highest BCUT2D eigenvalue weighted by atomic mass is 32.1. The minimum absolute atomic E-state index is 0.313. The van der Waals surface area contributed by atoms with Gasteiger partial charge in [-0.05, 0) is 38.3 Å². The molecule has 23 heavy (non-hydrogen) atoms. The number of aryl methyl sites for hydroxylation is 2. The Labute approximate surface area is 140 Å². The first-order valence-corrected chi connectivity index (χ1v) is 9.45. The molecule has 5 rings (SSSR count). The van der Waals surface area contributed by atoms with Crippen LogP contribution < -0.4 is 4.90 Å². The van der Waals surface area contributed by atoms with Crippen molar-refractivity contribution in [3.05, 3.63) is 16.8 Å². The maximum Gasteiger partial charge on any atom is 0.141 e. The zero-order chi connectivity index (χ0) is 15.4. The second kappa shape index (κ2) is 5.40. The smallest absolute Gasteiger partial charge is 0.141 e. The number of hydrogen-bond acceptors (Lipinski definition) is 6. The van der Waals surface area contributed by atoms with Crippen LogP contribution in [0.25, 0.3) is 10.2 Å². The number of likely N-dealkylation sites (N-methyl/N-ethyl adjacent to an activating group) is 1. The summed E-state index contributed by atoms with van der Waals surface area (Å²) in [6.07, 6.45) is 7.07. The molecule has 2 unspecified atom stereocenters. The lowest BCUT2D eigenvalue weighted by molar-refractivity contribution is -0.0362. The van der Waals surface area contributed by atoms with Gasteiger partial charge >= 0.3 is 0 Å². The van der Waals surface area contributed by atoms with Crippen LogP contribution in [0.4, 0.5) is 5.82 Å². The van der Waals surface area contributed by atoms with Crippen LogP contribution in [0.15, 0.2) is 6.33 Å². The lowest BCUT2D eigenvalue weighted by Crippen LogP contribution is -2.48. The van der Waals surface area contributed by atoms with E-state index in [-0.39, 0.29) is 0 Å². The molecule has 2 fully saturated rings. The number of rotatable bonds is 1. The number of hydrogen-bond donors (Lipinski definition) is 0. The van der Waals surface area contributed by atoms with E-state index in [2.05, 4.69) is 21.8 Å². The van der Waals surface area contributed by atoms with Crippen LogP contribution in [0.5, 0.6) is 0 Å². The van der Waals surface area contributed by atoms with Crippen molar-refractivity contribution in [1.29, 1.82) is 0 Å². The van der Waals surface area contributed by atoms with Crippen molar-refractivity contribution in [2.45, 2.75) is 37.8 Å². The normalized spacial score (nSPS) is 28.1. The summed E-state index contributed by atoms with van der Waals surface area (Å²) in [5.74, 6) is 1.14. The molecule has 0 amide bonds. The molecule has 0 N–H and O–H groups in total. The van der Waals surface area contributed by atoms with Gasteiger partial charge in [-0.15, -0.1) is 11.3 Å². The Morgan fingerprint density at radius 2 is 2.13 bits per heavy atom. The molecule has 2 saturated heterocycles. The van der Waals surface area contributed by atoms with Crippen molar-refractivity contribution in [2.24, 2.45) is 0 Å². The van der Waals surface area contributed by atoms with E-state index in [0.29, 0.717) is 12.1 Å². The molecule has 5 nitrogen and oxygen atoms in total. The predicted octanol–water partition coefficient (Wildman–Crippen LogP) is 2.09. The van der Waals surface area contributed by atoms with E-state index < -0.39 is 0 Å². The SMILES string of the molecule is CN1CCOC2CN(c3ncnc4sc5c(c34)CCCC5)CC21. The molecule has 3 aliphatic rings. The van der Waals surface area contributed by atoms with Gasteiger partial charge in [-0.2, -0.15) is 0 Å². The van der Waals surface area contributed by atoms with Gasteiger partial charge in [-0.3, -0.25) is 4.90 Å². The Bertz CT molecular complexity index is 746. The minimum atomic E-state index is 0.313. The molecule has 2 atom stereocenters. The van der Waals surface area contributed by atoms with Crippen LogP contribution in [-0.4, -0.2) is 60.3 Å². The number of fused-ring (bicyclic) bond motifs is 4. The topological polar surface area (TPSA) is 41.5 Å². The second-order valence-electron chi connectivity index (χ2n) is 6.95. The van der Waals surface area contributed by atoms with E-state index in [0.717, 1.165) is 32.1 Å². The van der Waals surface area contributed by atoms with Gasteiger partial charge in [0.1, 0.15) is 17.0 Å². The molecule has 2 aliphatic heterocycles. The van der Waals surface area contributed by atoms with Crippen LogP contribution >= 0.6 is 11.3 Å². The van der Waals surface area contributed by atoms with Crippen LogP contribution in [0.3, 0.4) is 0 Å². The predicted molar refractivity (Wildman–Crippen MR) is 92.4 cm³/mol. The lowest BCUT2D eigenvalue weighted by Gasteiger charge is -2.33. The molecule has 2 aromatic rings. The summed E-state index contributed by atoms with van der Waals surface area (Å²) < 4.78 is 6.01. The molecule has 1 aliphatic carbocycles. The quantitative estimate of drug-likeness (QED) is 0.801. The van der Waals surface area contributed by atoms with E-state index in [1.807, 2.05) is 11.3 Å². The van der Waals surface area contributed by atoms with Gasteiger partial charge in [0.25, 0.3) is 0 Å². The van der Waals surface area contributed by atoms with Gasteiger partial charge in [0.2, 0.25) is 0 Å². The monoisotopic (exact) mass is 330 g/mol. The third-order valence-corrected chi connectivity index (χ3v) is 6.81. The highest BCUT2D eigenvalue weighted by molar-refractivity contribution is 7.19. The fourth-order valence-electron chi connectivity index (χ4n) is 4.34. The van der Waals surface area contributed by atoms with Gasteiger partial charge < -0.3 is 9.64 Å². The summed E-state index contributed by atoms with van der Waals surface area (Å²) in [6.45, 7) is 3.84. The average molecular weight is 330 g/mol. The first-order chi connectivity index (χ1) is 11.3. The Kier molecular flexibility index (Phi) is 3.32. The van der Waals surface area contributed by atoms with Gasteiger partial charge in [-0.25, -0.2) is 9.97 Å². The highest BCUT2D eigenvalue weighted by Gasteiger charge is 2.40. The summed E-state index contributed by atoms with van der Waals surface area (Å²) in [7, 11) is 2.21. The van der Waals surface area contributed by atoms with Crippen molar-refractivity contribution in [1.82, 2.24) is 14.9 Å². The largest absolute Gasteiger partial charge is 0.373 e. The molecule has 0 spiro atoms. The summed E-state index contributed by atoms with van der Waals surface area (Å²) in [5.41, 5.74) is 1.52. The number of morpholine rings is 1. The van der Waals surface area contributed by atoms with Gasteiger partial charge in [0, 0.05) is 24.5 Å². The molecule has 0 saturated carbocycles. The molecule has 122 valence electrons. The number of ether oxygens (including phenoxy) is 1. The number of anilines is 1. The third kappa shape index (κ3) is 2.19. The third-order valence-electron chi connectivity index (χ3n) is 5.61. The van der Waals surface area contributed by atoms with E-state index in [9.17, 15) is 0 Å². The number of nitrogens with zero attached hydrogens (tertiary/aromatic N) is 4. The molecule has 0 aromatic carbocycles. The van der Waals surface area contributed by atoms with Crippen molar-refractivity contribution in [2.75, 3.05) is 38.2 Å².